The molecular formula is C13H10BrCl2NO2S. The molecule has 7 heteroatoms. The zero-order valence-corrected chi connectivity index (χ0v) is 14.2. The molecule has 2 aromatic rings. The summed E-state index contributed by atoms with van der Waals surface area (Å²) in [5.74, 6) is 0. The number of nitrogens with one attached hydrogen (secondary N) is 1. The lowest BCUT2D eigenvalue weighted by atomic mass is 10.2. The Morgan fingerprint density at radius 1 is 1.05 bits per heavy atom. The summed E-state index contributed by atoms with van der Waals surface area (Å²) in [5, 5.41) is 0.500. The molecule has 0 aliphatic heterocycles. The second-order valence-electron chi connectivity index (χ2n) is 4.16. The Morgan fingerprint density at radius 2 is 1.75 bits per heavy atom. The van der Waals surface area contributed by atoms with E-state index in [2.05, 4.69) is 20.7 Å². The molecule has 3 nitrogen and oxygen atoms in total. The van der Waals surface area contributed by atoms with Crippen molar-refractivity contribution in [3.63, 3.8) is 0 Å². The van der Waals surface area contributed by atoms with Crippen molar-refractivity contribution in [1.82, 2.24) is 0 Å². The van der Waals surface area contributed by atoms with Gasteiger partial charge in [0.1, 0.15) is 0 Å². The lowest BCUT2D eigenvalue weighted by Crippen LogP contribution is -2.13. The highest BCUT2D eigenvalue weighted by Gasteiger charge is 2.17. The van der Waals surface area contributed by atoms with Crippen molar-refractivity contribution in [2.75, 3.05) is 4.72 Å². The van der Waals surface area contributed by atoms with Crippen molar-refractivity contribution < 1.29 is 8.42 Å². The summed E-state index contributed by atoms with van der Waals surface area (Å²) in [4.78, 5) is 0.0558. The number of hydrogen-bond acceptors (Lipinski definition) is 2. The Kier molecular flexibility index (Phi) is 4.64. The van der Waals surface area contributed by atoms with Gasteiger partial charge in [-0.25, -0.2) is 8.42 Å². The summed E-state index contributed by atoms with van der Waals surface area (Å²) in [6, 6.07) is 9.56. The summed E-state index contributed by atoms with van der Waals surface area (Å²) in [6.07, 6.45) is 0. The van der Waals surface area contributed by atoms with Gasteiger partial charge >= 0.3 is 0 Å². The van der Waals surface area contributed by atoms with Crippen molar-refractivity contribution in [2.45, 2.75) is 11.8 Å². The third-order valence-corrected chi connectivity index (χ3v) is 5.36. The first kappa shape index (κ1) is 15.6. The van der Waals surface area contributed by atoms with Crippen molar-refractivity contribution in [3.05, 3.63) is 56.5 Å². The molecule has 2 aromatic carbocycles. The van der Waals surface area contributed by atoms with E-state index in [0.29, 0.717) is 15.2 Å². The average Bonchev–Trinajstić information content (AvgIpc) is 2.36. The molecular weight excluding hydrogens is 385 g/mol. The second kappa shape index (κ2) is 5.93. The van der Waals surface area contributed by atoms with Crippen LogP contribution in [0.15, 0.2) is 45.8 Å². The molecule has 20 heavy (non-hydrogen) atoms. The van der Waals surface area contributed by atoms with Crippen molar-refractivity contribution in [2.24, 2.45) is 0 Å². The third-order valence-electron chi connectivity index (χ3n) is 2.57. The molecule has 0 fully saturated rings. The molecule has 0 saturated heterocycles. The smallest absolute Gasteiger partial charge is 0.261 e. The van der Waals surface area contributed by atoms with Crippen LogP contribution in [0.5, 0.6) is 0 Å². The van der Waals surface area contributed by atoms with Crippen LogP contribution < -0.4 is 4.72 Å². The monoisotopic (exact) mass is 393 g/mol. The zero-order chi connectivity index (χ0) is 14.9. The van der Waals surface area contributed by atoms with Crippen LogP contribution in [0.25, 0.3) is 0 Å². The number of benzene rings is 2. The molecule has 0 radical (unpaired) electrons. The van der Waals surface area contributed by atoms with Gasteiger partial charge in [-0.2, -0.15) is 0 Å². The van der Waals surface area contributed by atoms with Gasteiger partial charge in [0, 0.05) is 4.47 Å². The number of anilines is 1. The summed E-state index contributed by atoms with van der Waals surface area (Å²) < 4.78 is 27.8. The Balaban J connectivity index is 2.40. The van der Waals surface area contributed by atoms with E-state index < -0.39 is 10.0 Å². The molecule has 0 saturated carbocycles. The zero-order valence-electron chi connectivity index (χ0n) is 10.3. The molecule has 0 aliphatic rings. The average molecular weight is 395 g/mol. The molecule has 0 aromatic heterocycles. The molecule has 0 unspecified atom stereocenters. The van der Waals surface area contributed by atoms with E-state index in [1.165, 1.54) is 18.2 Å². The first-order valence-corrected chi connectivity index (χ1v) is 8.57. The molecule has 0 aliphatic carbocycles. The Bertz CT molecular complexity index is 763. The number of hydrogen-bond donors (Lipinski definition) is 1. The predicted molar refractivity (Wildman–Crippen MR) is 86.1 cm³/mol. The topological polar surface area (TPSA) is 46.2 Å². The van der Waals surface area contributed by atoms with Crippen LogP contribution in [0.3, 0.4) is 0 Å². The molecule has 0 heterocycles. The first-order chi connectivity index (χ1) is 9.29. The number of sulfonamides is 1. The highest BCUT2D eigenvalue weighted by atomic mass is 79.9. The lowest BCUT2D eigenvalue weighted by molar-refractivity contribution is 0.601. The van der Waals surface area contributed by atoms with Crippen LogP contribution in [0, 0.1) is 6.92 Å². The van der Waals surface area contributed by atoms with Gasteiger partial charge in [-0.3, -0.25) is 4.72 Å². The van der Waals surface area contributed by atoms with Gasteiger partial charge in [0.15, 0.2) is 0 Å². The van der Waals surface area contributed by atoms with Gasteiger partial charge in [0.25, 0.3) is 10.0 Å². The molecule has 1 N–H and O–H groups in total. The van der Waals surface area contributed by atoms with Gasteiger partial charge in [0.2, 0.25) is 0 Å². The van der Waals surface area contributed by atoms with Crippen molar-refractivity contribution in [1.29, 1.82) is 0 Å². The number of halogens is 3. The minimum Gasteiger partial charge on any atom is -0.278 e. The first-order valence-electron chi connectivity index (χ1n) is 5.53. The third kappa shape index (κ3) is 3.47. The lowest BCUT2D eigenvalue weighted by Gasteiger charge is -2.11. The fraction of sp³-hybridized carbons (Fsp3) is 0.0769. The fourth-order valence-corrected chi connectivity index (χ4v) is 3.50. The van der Waals surface area contributed by atoms with E-state index in [-0.39, 0.29) is 9.92 Å². The molecule has 0 bridgehead atoms. The summed E-state index contributed by atoms with van der Waals surface area (Å²) in [7, 11) is -3.71. The molecule has 0 amide bonds. The molecule has 0 atom stereocenters. The predicted octanol–water partition coefficient (Wildman–Crippen LogP) is 4.87. The Morgan fingerprint density at radius 3 is 2.40 bits per heavy atom. The van der Waals surface area contributed by atoms with E-state index in [1.807, 2.05) is 13.0 Å². The van der Waals surface area contributed by atoms with Crippen molar-refractivity contribution in [3.8, 4) is 0 Å². The van der Waals surface area contributed by atoms with Gasteiger partial charge in [0.05, 0.1) is 20.6 Å². The van der Waals surface area contributed by atoms with Gasteiger partial charge in [-0.05, 0) is 58.7 Å². The van der Waals surface area contributed by atoms with Gasteiger partial charge < -0.3 is 0 Å². The van der Waals surface area contributed by atoms with Crippen LogP contribution in [0.4, 0.5) is 5.69 Å². The minimum absolute atomic E-state index is 0.0558. The maximum Gasteiger partial charge on any atom is 0.261 e. The van der Waals surface area contributed by atoms with Gasteiger partial charge in [-0.1, -0.05) is 29.3 Å². The van der Waals surface area contributed by atoms with Crippen molar-refractivity contribution >= 4 is 54.8 Å². The van der Waals surface area contributed by atoms with Crippen LogP contribution in [0.1, 0.15) is 5.56 Å². The minimum atomic E-state index is -3.71. The van der Waals surface area contributed by atoms with Crippen LogP contribution in [-0.2, 0) is 10.0 Å². The highest BCUT2D eigenvalue weighted by molar-refractivity contribution is 9.10. The summed E-state index contributed by atoms with van der Waals surface area (Å²) in [6.45, 7) is 1.88. The largest absolute Gasteiger partial charge is 0.278 e. The maximum absolute atomic E-state index is 12.3. The summed E-state index contributed by atoms with van der Waals surface area (Å²) >= 11 is 14.9. The normalized spacial score (nSPS) is 11.4. The van der Waals surface area contributed by atoms with E-state index in [1.54, 1.807) is 12.1 Å². The Labute approximate surface area is 136 Å². The second-order valence-corrected chi connectivity index (χ2v) is 7.52. The van der Waals surface area contributed by atoms with Crippen LogP contribution in [-0.4, -0.2) is 8.42 Å². The number of rotatable bonds is 3. The number of aryl methyl sites for hydroxylation is 1. The van der Waals surface area contributed by atoms with E-state index >= 15 is 0 Å². The highest BCUT2D eigenvalue weighted by Crippen LogP contribution is 2.28. The quantitative estimate of drug-likeness (QED) is 0.807. The Hall–Kier alpha value is -0.750. The van der Waals surface area contributed by atoms with E-state index in [9.17, 15) is 8.42 Å². The standard InChI is InChI=1S/C13H10BrCl2NO2S/c1-8-2-4-10(14)13(6-8)17-20(18,19)9-3-5-11(15)12(16)7-9/h2-7,17H,1H3. The maximum atomic E-state index is 12.3. The van der Waals surface area contributed by atoms with E-state index in [4.69, 9.17) is 23.2 Å². The SMILES string of the molecule is Cc1ccc(Br)c(NS(=O)(=O)c2ccc(Cl)c(Cl)c2)c1. The summed E-state index contributed by atoms with van der Waals surface area (Å²) in [5.41, 5.74) is 1.41. The van der Waals surface area contributed by atoms with Crippen LogP contribution >= 0.6 is 39.1 Å². The van der Waals surface area contributed by atoms with Gasteiger partial charge in [-0.15, -0.1) is 0 Å². The molecule has 0 spiro atoms. The molecule has 106 valence electrons. The fourth-order valence-electron chi connectivity index (χ4n) is 1.57. The molecule has 2 rings (SSSR count). The van der Waals surface area contributed by atoms with E-state index in [0.717, 1.165) is 5.56 Å². The van der Waals surface area contributed by atoms with Crippen LogP contribution in [0.2, 0.25) is 10.0 Å².